The molecule has 6 nitrogen and oxygen atoms in total. The van der Waals surface area contributed by atoms with Crippen molar-refractivity contribution in [3.8, 4) is 11.9 Å². The number of aromatic nitrogens is 2. The zero-order valence-corrected chi connectivity index (χ0v) is 12.7. The van der Waals surface area contributed by atoms with Crippen LogP contribution >= 0.6 is 0 Å². The van der Waals surface area contributed by atoms with Crippen LogP contribution in [0.4, 0.5) is 5.69 Å². The van der Waals surface area contributed by atoms with Gasteiger partial charge in [0.15, 0.2) is 0 Å². The molecule has 0 unspecified atom stereocenters. The Hall–Kier alpha value is -2.63. The highest BCUT2D eigenvalue weighted by molar-refractivity contribution is 5.91. The first-order valence-corrected chi connectivity index (χ1v) is 7.01. The number of hydrogen-bond donors (Lipinski definition) is 1. The van der Waals surface area contributed by atoms with Crippen LogP contribution in [0.25, 0.3) is 0 Å². The van der Waals surface area contributed by atoms with Gasteiger partial charge in [-0.15, -0.1) is 0 Å². The van der Waals surface area contributed by atoms with E-state index < -0.39 is 0 Å². The molecule has 2 aromatic rings. The van der Waals surface area contributed by atoms with Crippen molar-refractivity contribution in [1.82, 2.24) is 9.97 Å². The van der Waals surface area contributed by atoms with Gasteiger partial charge in [0, 0.05) is 6.42 Å². The average molecular weight is 301 g/mol. The highest BCUT2D eigenvalue weighted by atomic mass is 16.5. The molecule has 1 heterocycles. The second-order valence-electron chi connectivity index (χ2n) is 4.67. The molecule has 2 rings (SSSR count). The van der Waals surface area contributed by atoms with E-state index in [1.54, 1.807) is 0 Å². The van der Waals surface area contributed by atoms with Crippen molar-refractivity contribution in [2.75, 3.05) is 19.5 Å². The van der Waals surface area contributed by atoms with E-state index in [0.29, 0.717) is 12.1 Å². The van der Waals surface area contributed by atoms with Gasteiger partial charge in [0.1, 0.15) is 5.69 Å². The Kier molecular flexibility index (Phi) is 5.71. The van der Waals surface area contributed by atoms with Crippen molar-refractivity contribution >= 4 is 11.6 Å². The minimum Gasteiger partial charge on any atom is -0.479 e. The highest BCUT2D eigenvalue weighted by Gasteiger charge is 2.11. The van der Waals surface area contributed by atoms with Crippen LogP contribution in [0.2, 0.25) is 0 Å². The molecule has 0 aliphatic rings. The predicted octanol–water partition coefficient (Wildman–Crippen LogP) is 2.46. The van der Waals surface area contributed by atoms with Crippen molar-refractivity contribution < 1.29 is 14.3 Å². The minimum absolute atomic E-state index is 0.0944. The number of methoxy groups -OCH3 is 2. The van der Waals surface area contributed by atoms with Gasteiger partial charge in [-0.1, -0.05) is 30.3 Å². The van der Waals surface area contributed by atoms with Crippen LogP contribution < -0.4 is 14.8 Å². The Morgan fingerprint density at radius 1 is 1.18 bits per heavy atom. The molecule has 0 aliphatic heterocycles. The van der Waals surface area contributed by atoms with Gasteiger partial charge < -0.3 is 14.8 Å². The Balaban J connectivity index is 1.86. The lowest BCUT2D eigenvalue weighted by Crippen LogP contribution is -2.13. The van der Waals surface area contributed by atoms with Crippen molar-refractivity contribution in [1.29, 1.82) is 0 Å². The summed E-state index contributed by atoms with van der Waals surface area (Å²) in [5.74, 6) is 0.186. The van der Waals surface area contributed by atoms with Gasteiger partial charge >= 0.3 is 6.01 Å². The van der Waals surface area contributed by atoms with E-state index in [-0.39, 0.29) is 17.8 Å². The lowest BCUT2D eigenvalue weighted by Gasteiger charge is -2.09. The van der Waals surface area contributed by atoms with Gasteiger partial charge in [0.25, 0.3) is 0 Å². The van der Waals surface area contributed by atoms with Crippen LogP contribution in [0.5, 0.6) is 11.9 Å². The smallest absolute Gasteiger partial charge is 0.319 e. The maximum atomic E-state index is 12.0. The number of nitrogens with zero attached hydrogens (tertiary/aromatic N) is 2. The SMILES string of the molecule is COc1ncc(NC(=O)CCCc2ccccc2)c(OC)n1. The van der Waals surface area contributed by atoms with Gasteiger partial charge in [-0.2, -0.15) is 4.98 Å². The van der Waals surface area contributed by atoms with Gasteiger partial charge in [-0.05, 0) is 18.4 Å². The number of carbonyl (C=O) groups is 1. The standard InChI is InChI=1S/C16H19N3O3/c1-21-15-13(11-17-16(19-15)22-2)18-14(20)10-6-9-12-7-4-3-5-8-12/h3-5,7-8,11H,6,9-10H2,1-2H3,(H,18,20). The van der Waals surface area contributed by atoms with E-state index in [1.807, 2.05) is 18.2 Å². The Morgan fingerprint density at radius 2 is 1.95 bits per heavy atom. The van der Waals surface area contributed by atoms with Crippen LogP contribution in [-0.4, -0.2) is 30.1 Å². The van der Waals surface area contributed by atoms with Crippen LogP contribution in [0.3, 0.4) is 0 Å². The monoisotopic (exact) mass is 301 g/mol. The number of ether oxygens (including phenoxy) is 2. The average Bonchev–Trinajstić information content (AvgIpc) is 2.56. The third-order valence-corrected chi connectivity index (χ3v) is 3.09. The fourth-order valence-electron chi connectivity index (χ4n) is 2.00. The van der Waals surface area contributed by atoms with E-state index in [2.05, 4.69) is 27.4 Å². The molecule has 0 aliphatic carbocycles. The fourth-order valence-corrected chi connectivity index (χ4v) is 2.00. The second kappa shape index (κ2) is 7.97. The molecule has 1 aromatic heterocycles. The Labute approximate surface area is 129 Å². The summed E-state index contributed by atoms with van der Waals surface area (Å²) in [7, 11) is 2.95. The number of benzene rings is 1. The summed E-state index contributed by atoms with van der Waals surface area (Å²) in [4.78, 5) is 20.0. The van der Waals surface area contributed by atoms with Crippen molar-refractivity contribution in [2.24, 2.45) is 0 Å². The second-order valence-corrected chi connectivity index (χ2v) is 4.67. The van der Waals surface area contributed by atoms with E-state index in [9.17, 15) is 4.79 Å². The first-order valence-electron chi connectivity index (χ1n) is 7.01. The van der Waals surface area contributed by atoms with Crippen molar-refractivity contribution in [3.63, 3.8) is 0 Å². The third-order valence-electron chi connectivity index (χ3n) is 3.09. The predicted molar refractivity (Wildman–Crippen MR) is 83.1 cm³/mol. The number of anilines is 1. The summed E-state index contributed by atoms with van der Waals surface area (Å²) in [6.07, 6.45) is 3.53. The number of aryl methyl sites for hydroxylation is 1. The van der Waals surface area contributed by atoms with E-state index >= 15 is 0 Å². The van der Waals surface area contributed by atoms with Gasteiger partial charge in [-0.3, -0.25) is 4.79 Å². The molecule has 0 bridgehead atoms. The molecule has 1 N–H and O–H groups in total. The van der Waals surface area contributed by atoms with Crippen LogP contribution in [0.1, 0.15) is 18.4 Å². The van der Waals surface area contributed by atoms with Gasteiger partial charge in [0.05, 0.1) is 20.4 Å². The molecule has 116 valence electrons. The first kappa shape index (κ1) is 15.8. The zero-order valence-electron chi connectivity index (χ0n) is 12.7. The molecule has 0 saturated carbocycles. The summed E-state index contributed by atoms with van der Waals surface area (Å²) in [6.45, 7) is 0. The topological polar surface area (TPSA) is 73.3 Å². The molecule has 0 atom stereocenters. The van der Waals surface area contributed by atoms with E-state index in [4.69, 9.17) is 9.47 Å². The number of carbonyl (C=O) groups excluding carboxylic acids is 1. The summed E-state index contributed by atoms with van der Waals surface area (Å²) in [6, 6.07) is 10.3. The quantitative estimate of drug-likeness (QED) is 0.850. The van der Waals surface area contributed by atoms with Crippen LogP contribution in [0.15, 0.2) is 36.5 Å². The Bertz CT molecular complexity index is 617. The third kappa shape index (κ3) is 4.44. The molecule has 1 amide bonds. The lowest BCUT2D eigenvalue weighted by molar-refractivity contribution is -0.116. The molecular formula is C16H19N3O3. The zero-order chi connectivity index (χ0) is 15.8. The lowest BCUT2D eigenvalue weighted by atomic mass is 10.1. The maximum Gasteiger partial charge on any atom is 0.319 e. The van der Waals surface area contributed by atoms with Crippen molar-refractivity contribution in [2.45, 2.75) is 19.3 Å². The minimum atomic E-state index is -0.0944. The van der Waals surface area contributed by atoms with E-state index in [0.717, 1.165) is 12.8 Å². The van der Waals surface area contributed by atoms with Gasteiger partial charge in [-0.25, -0.2) is 4.98 Å². The number of hydrogen-bond acceptors (Lipinski definition) is 5. The number of nitrogens with one attached hydrogen (secondary N) is 1. The molecular weight excluding hydrogens is 282 g/mol. The van der Waals surface area contributed by atoms with E-state index in [1.165, 1.54) is 26.0 Å². The van der Waals surface area contributed by atoms with Gasteiger partial charge in [0.2, 0.25) is 11.8 Å². The first-order chi connectivity index (χ1) is 10.7. The number of amides is 1. The molecule has 1 aromatic carbocycles. The maximum absolute atomic E-state index is 12.0. The highest BCUT2D eigenvalue weighted by Crippen LogP contribution is 2.22. The summed E-state index contributed by atoms with van der Waals surface area (Å²) < 4.78 is 10.0. The molecule has 0 spiro atoms. The summed E-state index contributed by atoms with van der Waals surface area (Å²) in [5.41, 5.74) is 1.66. The van der Waals surface area contributed by atoms with Crippen molar-refractivity contribution in [3.05, 3.63) is 42.1 Å². The Morgan fingerprint density at radius 3 is 2.64 bits per heavy atom. The summed E-state index contributed by atoms with van der Waals surface area (Å²) >= 11 is 0. The molecule has 6 heteroatoms. The molecule has 0 radical (unpaired) electrons. The normalized spacial score (nSPS) is 10.1. The van der Waals surface area contributed by atoms with Crippen LogP contribution in [0, 0.1) is 0 Å². The molecule has 0 fully saturated rings. The summed E-state index contributed by atoms with van der Waals surface area (Å²) in [5, 5.41) is 2.75. The number of rotatable bonds is 7. The molecule has 0 saturated heterocycles. The largest absolute Gasteiger partial charge is 0.479 e. The van der Waals surface area contributed by atoms with Crippen LogP contribution in [-0.2, 0) is 11.2 Å². The molecule has 22 heavy (non-hydrogen) atoms. The fraction of sp³-hybridized carbons (Fsp3) is 0.312.